The van der Waals surface area contributed by atoms with E-state index in [0.717, 1.165) is 23.5 Å². The molecule has 5 rings (SSSR count). The van der Waals surface area contributed by atoms with Crippen LogP contribution in [0.5, 0.6) is 5.75 Å². The molecule has 0 spiro atoms. The summed E-state index contributed by atoms with van der Waals surface area (Å²) in [6, 6.07) is 10.1. The molecule has 3 aromatic rings. The molecule has 0 saturated carbocycles. The number of fused-ring (bicyclic) bond motifs is 2. The first-order valence-electron chi connectivity index (χ1n) is 10.1. The van der Waals surface area contributed by atoms with Crippen LogP contribution in [0.15, 0.2) is 52.3 Å². The van der Waals surface area contributed by atoms with Crippen LogP contribution in [0.25, 0.3) is 5.57 Å². The van der Waals surface area contributed by atoms with Crippen LogP contribution < -0.4 is 29.8 Å². The minimum Gasteiger partial charge on any atom is -0.494 e. The Morgan fingerprint density at radius 2 is 2.00 bits per heavy atom. The summed E-state index contributed by atoms with van der Waals surface area (Å²) in [6.07, 6.45) is -4.47. The number of aromatic nitrogens is 1. The molecule has 0 atom stereocenters. The Balaban J connectivity index is 1.58. The number of alkyl halides is 3. The lowest BCUT2D eigenvalue weighted by Gasteiger charge is -2.26. The summed E-state index contributed by atoms with van der Waals surface area (Å²) in [7, 11) is 0. The molecule has 1 N–H and O–H groups in total. The molecule has 2 aliphatic rings. The largest absolute Gasteiger partial charge is 0.494 e. The molecule has 33 heavy (non-hydrogen) atoms. The summed E-state index contributed by atoms with van der Waals surface area (Å²) >= 11 is 1.09. The Morgan fingerprint density at radius 3 is 2.76 bits per heavy atom. The van der Waals surface area contributed by atoms with Gasteiger partial charge in [0.2, 0.25) is 0 Å². The molecule has 0 aliphatic carbocycles. The smallest absolute Gasteiger partial charge is 0.416 e. The molecule has 170 valence electrons. The lowest BCUT2D eigenvalue weighted by Crippen LogP contribution is -2.43. The fourth-order valence-electron chi connectivity index (χ4n) is 3.83. The van der Waals surface area contributed by atoms with E-state index in [2.05, 4.69) is 10.3 Å². The highest BCUT2D eigenvalue weighted by atomic mass is 32.1. The summed E-state index contributed by atoms with van der Waals surface area (Å²) in [4.78, 5) is 32.3. The Kier molecular flexibility index (Phi) is 5.00. The number of anilines is 2. The van der Waals surface area contributed by atoms with Gasteiger partial charge in [0.25, 0.3) is 11.5 Å². The third-order valence-electron chi connectivity index (χ3n) is 5.36. The number of benzene rings is 2. The summed E-state index contributed by atoms with van der Waals surface area (Å²) in [5, 5.41) is 2.76. The van der Waals surface area contributed by atoms with E-state index in [1.807, 2.05) is 6.92 Å². The van der Waals surface area contributed by atoms with E-state index in [0.29, 0.717) is 34.1 Å². The molecule has 1 aromatic heterocycles. The second kappa shape index (κ2) is 7.77. The number of hydrogen-bond acceptors (Lipinski definition) is 6. The van der Waals surface area contributed by atoms with E-state index in [-0.39, 0.29) is 23.4 Å². The van der Waals surface area contributed by atoms with E-state index in [4.69, 9.17) is 4.74 Å². The van der Waals surface area contributed by atoms with Crippen LogP contribution in [0.2, 0.25) is 0 Å². The van der Waals surface area contributed by atoms with Crippen LogP contribution in [-0.4, -0.2) is 23.7 Å². The number of amides is 1. The quantitative estimate of drug-likeness (QED) is 0.633. The van der Waals surface area contributed by atoms with E-state index in [1.54, 1.807) is 29.2 Å². The first-order chi connectivity index (χ1) is 15.8. The fourth-order valence-corrected chi connectivity index (χ4v) is 4.89. The van der Waals surface area contributed by atoms with Crippen molar-refractivity contribution in [2.45, 2.75) is 19.8 Å². The predicted molar refractivity (Wildman–Crippen MR) is 117 cm³/mol. The summed E-state index contributed by atoms with van der Waals surface area (Å²) in [5.41, 5.74) is 0.495. The molecule has 3 heterocycles. The number of halogens is 3. The minimum absolute atomic E-state index is 0.0240. The number of thiazole rings is 1. The molecule has 1 amide bonds. The average molecular weight is 474 g/mol. The molecule has 2 aliphatic heterocycles. The van der Waals surface area contributed by atoms with Gasteiger partial charge in [-0.25, -0.2) is 4.99 Å². The van der Waals surface area contributed by atoms with Crippen LogP contribution in [0.1, 0.15) is 18.1 Å². The SMILES string of the molecule is CCOc1ccc2c(c1)C(=c1sc3n(c1=O)CN(c1cccc(C(F)(F)F)c1)CN=3)C(=O)N2. The zero-order valence-electron chi connectivity index (χ0n) is 17.3. The van der Waals surface area contributed by atoms with Crippen molar-refractivity contribution in [3.8, 4) is 5.75 Å². The molecule has 0 fully saturated rings. The van der Waals surface area contributed by atoms with Gasteiger partial charge >= 0.3 is 6.18 Å². The molecule has 0 bridgehead atoms. The first kappa shape index (κ1) is 21.3. The Labute approximate surface area is 189 Å². The van der Waals surface area contributed by atoms with E-state index >= 15 is 0 Å². The van der Waals surface area contributed by atoms with E-state index in [1.165, 1.54) is 10.6 Å². The van der Waals surface area contributed by atoms with Gasteiger partial charge in [-0.05, 0) is 43.3 Å². The third-order valence-corrected chi connectivity index (χ3v) is 6.48. The van der Waals surface area contributed by atoms with Crippen molar-refractivity contribution in [2.75, 3.05) is 23.5 Å². The Bertz CT molecular complexity index is 1460. The maximum absolute atomic E-state index is 13.2. The highest BCUT2D eigenvalue weighted by molar-refractivity contribution is 7.07. The van der Waals surface area contributed by atoms with Crippen LogP contribution in [0, 0.1) is 0 Å². The Hall–Kier alpha value is -3.60. The maximum Gasteiger partial charge on any atom is 0.416 e. The number of carbonyl (C=O) groups excluding carboxylic acids is 1. The molecule has 2 aromatic carbocycles. The van der Waals surface area contributed by atoms with Crippen molar-refractivity contribution in [2.24, 2.45) is 4.99 Å². The molecule has 0 radical (unpaired) electrons. The lowest BCUT2D eigenvalue weighted by molar-refractivity contribution is -0.137. The van der Waals surface area contributed by atoms with Gasteiger partial charge in [0, 0.05) is 16.9 Å². The van der Waals surface area contributed by atoms with Crippen molar-refractivity contribution in [1.82, 2.24) is 4.57 Å². The number of carbonyl (C=O) groups is 1. The zero-order chi connectivity index (χ0) is 23.3. The number of nitrogens with one attached hydrogen (secondary N) is 1. The van der Waals surface area contributed by atoms with Gasteiger partial charge in [-0.2, -0.15) is 13.2 Å². The van der Waals surface area contributed by atoms with Crippen LogP contribution in [0.4, 0.5) is 24.5 Å². The standard InChI is InChI=1S/C22H17F3N4O3S/c1-2-32-14-6-7-16-15(9-14)17(19(30)27-16)18-20(31)29-11-28(10-26-21(29)33-18)13-5-3-4-12(8-13)22(23,24)25/h3-9H,2,10-11H2,1H3,(H,27,30). The Morgan fingerprint density at radius 1 is 1.18 bits per heavy atom. The molecular weight excluding hydrogens is 457 g/mol. The number of ether oxygens (including phenoxy) is 1. The van der Waals surface area contributed by atoms with Gasteiger partial charge in [-0.3, -0.25) is 14.2 Å². The molecule has 0 saturated heterocycles. The number of hydrogen-bond donors (Lipinski definition) is 1. The van der Waals surface area contributed by atoms with Gasteiger partial charge in [0.05, 0.1) is 17.7 Å². The van der Waals surface area contributed by atoms with Crippen LogP contribution in [0.3, 0.4) is 0 Å². The van der Waals surface area contributed by atoms with Crippen molar-refractivity contribution in [1.29, 1.82) is 0 Å². The first-order valence-corrected chi connectivity index (χ1v) is 10.9. The zero-order valence-corrected chi connectivity index (χ0v) is 18.1. The van der Waals surface area contributed by atoms with Crippen molar-refractivity contribution < 1.29 is 22.7 Å². The minimum atomic E-state index is -4.47. The van der Waals surface area contributed by atoms with Gasteiger partial charge in [-0.1, -0.05) is 17.4 Å². The summed E-state index contributed by atoms with van der Waals surface area (Å²) in [5.74, 6) is 0.178. The predicted octanol–water partition coefficient (Wildman–Crippen LogP) is 2.53. The maximum atomic E-state index is 13.2. The molecule has 11 heteroatoms. The molecule has 0 unspecified atom stereocenters. The highest BCUT2D eigenvalue weighted by Crippen LogP contribution is 2.33. The van der Waals surface area contributed by atoms with Gasteiger partial charge < -0.3 is 15.0 Å². The number of nitrogens with zero attached hydrogens (tertiary/aromatic N) is 3. The third kappa shape index (κ3) is 3.67. The molecular formula is C22H17F3N4O3S. The average Bonchev–Trinajstić information content (AvgIpc) is 3.28. The van der Waals surface area contributed by atoms with E-state index in [9.17, 15) is 22.8 Å². The summed E-state index contributed by atoms with van der Waals surface area (Å²) in [6.45, 7) is 2.41. The summed E-state index contributed by atoms with van der Waals surface area (Å²) < 4.78 is 46.4. The number of rotatable bonds is 3. The normalized spacial score (nSPS) is 16.7. The van der Waals surface area contributed by atoms with Crippen molar-refractivity contribution in [3.05, 3.63) is 73.3 Å². The monoisotopic (exact) mass is 474 g/mol. The van der Waals surface area contributed by atoms with Crippen LogP contribution in [-0.2, 0) is 17.6 Å². The topological polar surface area (TPSA) is 75.9 Å². The van der Waals surface area contributed by atoms with Crippen molar-refractivity contribution in [3.63, 3.8) is 0 Å². The van der Waals surface area contributed by atoms with Gasteiger partial charge in [0.15, 0.2) is 4.80 Å². The van der Waals surface area contributed by atoms with E-state index < -0.39 is 23.2 Å². The highest BCUT2D eigenvalue weighted by Gasteiger charge is 2.31. The lowest BCUT2D eigenvalue weighted by atomic mass is 10.1. The van der Waals surface area contributed by atoms with Crippen molar-refractivity contribution >= 4 is 34.2 Å². The van der Waals surface area contributed by atoms with Crippen LogP contribution >= 0.6 is 11.3 Å². The second-order valence-electron chi connectivity index (χ2n) is 7.45. The molecule has 7 nitrogen and oxygen atoms in total. The van der Waals surface area contributed by atoms with Gasteiger partial charge in [0.1, 0.15) is 23.6 Å². The van der Waals surface area contributed by atoms with Gasteiger partial charge in [-0.15, -0.1) is 0 Å². The fraction of sp³-hybridized carbons (Fsp3) is 0.227. The second-order valence-corrected chi connectivity index (χ2v) is 8.42.